The second-order valence-electron chi connectivity index (χ2n) is 9.05. The summed E-state index contributed by atoms with van der Waals surface area (Å²) in [5.41, 5.74) is 5.25. The van der Waals surface area contributed by atoms with Crippen molar-refractivity contribution in [2.75, 3.05) is 36.9 Å². The van der Waals surface area contributed by atoms with E-state index >= 15 is 0 Å². The minimum Gasteiger partial charge on any atom is -0.492 e. The lowest BCUT2D eigenvalue weighted by atomic mass is 9.94. The Kier molecular flexibility index (Phi) is 5.81. The van der Waals surface area contributed by atoms with Crippen LogP contribution < -0.4 is 15.4 Å². The Hall–Kier alpha value is -3.32. The molecule has 0 spiro atoms. The van der Waals surface area contributed by atoms with E-state index in [1.807, 2.05) is 19.1 Å². The molecule has 3 heterocycles. The number of carboxylic acid groups (broad SMARTS) is 1. The van der Waals surface area contributed by atoms with Crippen molar-refractivity contribution in [3.8, 4) is 5.75 Å². The Morgan fingerprint density at radius 3 is 2.73 bits per heavy atom. The number of fused-ring (bicyclic) bond motifs is 2. The summed E-state index contributed by atoms with van der Waals surface area (Å²) >= 11 is 0. The lowest BCUT2D eigenvalue weighted by molar-refractivity contribution is -0.110. The molecule has 2 aromatic carbocycles. The van der Waals surface area contributed by atoms with Crippen LogP contribution in [-0.4, -0.2) is 54.2 Å². The van der Waals surface area contributed by atoms with Crippen molar-refractivity contribution in [3.63, 3.8) is 0 Å². The molecule has 0 radical (unpaired) electrons. The predicted octanol–water partition coefficient (Wildman–Crippen LogP) is 4.01. The Bertz CT molecular complexity index is 1130. The fourth-order valence-electron chi connectivity index (χ4n) is 5.04. The number of rotatable bonds is 6. The van der Waals surface area contributed by atoms with Gasteiger partial charge in [0.1, 0.15) is 12.4 Å². The Morgan fingerprint density at radius 1 is 1.12 bits per heavy atom. The third-order valence-electron chi connectivity index (χ3n) is 6.88. The molecule has 1 saturated heterocycles. The molecule has 1 fully saturated rings. The number of hydrogen-bond donors (Lipinski definition) is 3. The van der Waals surface area contributed by atoms with Gasteiger partial charge < -0.3 is 20.5 Å². The van der Waals surface area contributed by atoms with Gasteiger partial charge in [0.05, 0.1) is 11.6 Å². The highest BCUT2D eigenvalue weighted by molar-refractivity contribution is 6.32. The zero-order chi connectivity index (χ0) is 22.9. The maximum atomic E-state index is 12.7. The molecule has 33 heavy (non-hydrogen) atoms. The number of carbonyl (C=O) groups is 2. The summed E-state index contributed by atoms with van der Waals surface area (Å²) in [6.07, 6.45) is 4.67. The molecule has 3 aliphatic rings. The lowest BCUT2D eigenvalue weighted by Crippen LogP contribution is -2.33. The number of nitrogens with zero attached hydrogens (tertiary/aromatic N) is 1. The van der Waals surface area contributed by atoms with Crippen LogP contribution in [0.3, 0.4) is 0 Å². The van der Waals surface area contributed by atoms with Crippen molar-refractivity contribution in [2.24, 2.45) is 0 Å². The van der Waals surface area contributed by atoms with Gasteiger partial charge in [0.25, 0.3) is 5.91 Å². The Labute approximate surface area is 193 Å². The van der Waals surface area contributed by atoms with E-state index in [0.717, 1.165) is 35.5 Å². The van der Waals surface area contributed by atoms with Gasteiger partial charge >= 0.3 is 5.97 Å². The van der Waals surface area contributed by atoms with E-state index in [-0.39, 0.29) is 17.5 Å². The molecule has 1 atom stereocenters. The number of carbonyl (C=O) groups excluding carboxylic acids is 1. The molecule has 0 bridgehead atoms. The molecule has 2 aromatic rings. The van der Waals surface area contributed by atoms with Crippen molar-refractivity contribution in [3.05, 3.63) is 58.7 Å². The summed E-state index contributed by atoms with van der Waals surface area (Å²) in [5, 5.41) is 15.6. The van der Waals surface area contributed by atoms with E-state index in [1.165, 1.54) is 44.0 Å². The molecule has 1 amide bonds. The van der Waals surface area contributed by atoms with Crippen LogP contribution in [0.5, 0.6) is 5.75 Å². The maximum Gasteiger partial charge on any atom is 0.335 e. The summed E-state index contributed by atoms with van der Waals surface area (Å²) in [6.45, 7) is 5.95. The number of piperidine rings is 1. The number of hydrogen-bond acceptors (Lipinski definition) is 5. The van der Waals surface area contributed by atoms with Crippen LogP contribution in [0.4, 0.5) is 11.4 Å². The molecule has 172 valence electrons. The fraction of sp³-hybridized carbons (Fsp3) is 0.385. The third kappa shape index (κ3) is 4.33. The first-order valence-corrected chi connectivity index (χ1v) is 11.6. The summed E-state index contributed by atoms with van der Waals surface area (Å²) in [6, 6.07) is 10.9. The van der Waals surface area contributed by atoms with E-state index in [1.54, 1.807) is 12.1 Å². The summed E-state index contributed by atoms with van der Waals surface area (Å²) in [5.74, 6) is -0.323. The molecule has 7 heteroatoms. The van der Waals surface area contributed by atoms with Gasteiger partial charge in [-0.2, -0.15) is 0 Å². The smallest absolute Gasteiger partial charge is 0.335 e. The molecule has 7 nitrogen and oxygen atoms in total. The molecule has 0 aromatic heterocycles. The van der Waals surface area contributed by atoms with E-state index in [4.69, 9.17) is 4.74 Å². The van der Waals surface area contributed by atoms with Crippen LogP contribution in [0.15, 0.2) is 42.0 Å². The topological polar surface area (TPSA) is 90.9 Å². The summed E-state index contributed by atoms with van der Waals surface area (Å²) < 4.78 is 6.03. The van der Waals surface area contributed by atoms with Gasteiger partial charge in [0.15, 0.2) is 0 Å². The Morgan fingerprint density at radius 2 is 1.94 bits per heavy atom. The largest absolute Gasteiger partial charge is 0.492 e. The van der Waals surface area contributed by atoms with Gasteiger partial charge in [-0.1, -0.05) is 12.5 Å². The lowest BCUT2D eigenvalue weighted by Gasteiger charge is -2.26. The van der Waals surface area contributed by atoms with Crippen molar-refractivity contribution < 1.29 is 19.4 Å². The van der Waals surface area contributed by atoms with Gasteiger partial charge in [0.2, 0.25) is 0 Å². The second kappa shape index (κ2) is 8.90. The molecular formula is C26H29N3O4. The van der Waals surface area contributed by atoms with Crippen LogP contribution in [0, 0.1) is 0 Å². The first kappa shape index (κ1) is 21.5. The Balaban J connectivity index is 1.28. The van der Waals surface area contributed by atoms with E-state index in [9.17, 15) is 14.7 Å². The van der Waals surface area contributed by atoms with Crippen molar-refractivity contribution >= 4 is 28.8 Å². The predicted molar refractivity (Wildman–Crippen MR) is 128 cm³/mol. The number of benzene rings is 2. The third-order valence-corrected chi connectivity index (χ3v) is 6.88. The van der Waals surface area contributed by atoms with Crippen LogP contribution in [-0.2, 0) is 11.2 Å². The van der Waals surface area contributed by atoms with Crippen molar-refractivity contribution in [1.29, 1.82) is 0 Å². The normalized spacial score (nSPS) is 21.1. The molecule has 0 aliphatic carbocycles. The molecule has 1 unspecified atom stereocenters. The first-order chi connectivity index (χ1) is 16.0. The van der Waals surface area contributed by atoms with E-state index < -0.39 is 5.97 Å². The van der Waals surface area contributed by atoms with Crippen LogP contribution in [0.2, 0.25) is 0 Å². The summed E-state index contributed by atoms with van der Waals surface area (Å²) in [4.78, 5) is 26.4. The first-order valence-electron chi connectivity index (χ1n) is 11.6. The van der Waals surface area contributed by atoms with Gasteiger partial charge in [-0.15, -0.1) is 0 Å². The van der Waals surface area contributed by atoms with Crippen LogP contribution in [0.1, 0.15) is 47.7 Å². The highest BCUT2D eigenvalue weighted by atomic mass is 16.5. The zero-order valence-corrected chi connectivity index (χ0v) is 18.8. The number of nitrogens with one attached hydrogen (secondary N) is 2. The average Bonchev–Trinajstić information content (AvgIpc) is 3.38. The quantitative estimate of drug-likeness (QED) is 0.580. The van der Waals surface area contributed by atoms with Gasteiger partial charge in [0, 0.05) is 29.1 Å². The highest BCUT2D eigenvalue weighted by Gasteiger charge is 2.31. The zero-order valence-electron chi connectivity index (χ0n) is 18.8. The van der Waals surface area contributed by atoms with E-state index in [2.05, 4.69) is 21.6 Å². The fourth-order valence-corrected chi connectivity index (χ4v) is 5.04. The van der Waals surface area contributed by atoms with Crippen LogP contribution >= 0.6 is 0 Å². The van der Waals surface area contributed by atoms with Crippen molar-refractivity contribution in [1.82, 2.24) is 4.90 Å². The van der Waals surface area contributed by atoms with Gasteiger partial charge in [-0.3, -0.25) is 9.69 Å². The number of aromatic carboxylic acids is 1. The number of likely N-dealkylation sites (tertiary alicyclic amines) is 1. The molecule has 0 saturated carbocycles. The molecule has 3 N–H and O–H groups in total. The number of carboxylic acids is 1. The number of amides is 1. The maximum absolute atomic E-state index is 12.7. The number of anilines is 2. The number of ether oxygens (including phenoxy) is 1. The molecule has 3 aliphatic heterocycles. The second-order valence-corrected chi connectivity index (χ2v) is 9.05. The molecular weight excluding hydrogens is 418 g/mol. The minimum atomic E-state index is -1.01. The molecule has 5 rings (SSSR count). The van der Waals surface area contributed by atoms with Gasteiger partial charge in [-0.25, -0.2) is 4.79 Å². The van der Waals surface area contributed by atoms with E-state index in [0.29, 0.717) is 17.9 Å². The highest BCUT2D eigenvalue weighted by Crippen LogP contribution is 2.39. The SMILES string of the molecule is C/C(=C1/C(=O)Nc2cc(C(=O)O)ccc21)C1Cc2cc(OCCN3CCCCC3)ccc2N1. The standard InChI is InChI=1S/C26H29N3O4/c1-16(24-20-7-5-17(26(31)32)14-23(20)28-25(24)30)22-15-18-13-19(6-8-21(18)27-22)33-12-11-29-9-3-2-4-10-29/h5-8,13-14,22,27H,2-4,9-12,15H2,1H3,(H,28,30)(H,31,32)/b24-16-. The average molecular weight is 448 g/mol. The summed E-state index contributed by atoms with van der Waals surface area (Å²) in [7, 11) is 0. The van der Waals surface area contributed by atoms with Crippen molar-refractivity contribution in [2.45, 2.75) is 38.6 Å². The van der Waals surface area contributed by atoms with Crippen LogP contribution in [0.25, 0.3) is 5.57 Å². The monoisotopic (exact) mass is 447 g/mol. The van der Waals surface area contributed by atoms with Gasteiger partial charge in [-0.05, 0) is 80.7 Å². The minimum absolute atomic E-state index is 0.00514.